The number of hydrogen-bond acceptors (Lipinski definition) is 5. The minimum absolute atomic E-state index is 0.102. The van der Waals surface area contributed by atoms with Gasteiger partial charge in [0, 0.05) is 12.0 Å². The Hall–Kier alpha value is -2.06. The highest BCUT2D eigenvalue weighted by atomic mass is 79.9. The van der Waals surface area contributed by atoms with Gasteiger partial charge in [-0.25, -0.2) is 5.43 Å². The molecule has 0 atom stereocenters. The van der Waals surface area contributed by atoms with E-state index < -0.39 is 5.91 Å². The lowest BCUT2D eigenvalue weighted by atomic mass is 10.0. The monoisotopic (exact) mass is 496 g/mol. The smallest absolute Gasteiger partial charge is 0.277 e. The maximum Gasteiger partial charge on any atom is 0.277 e. The second-order valence-corrected chi connectivity index (χ2v) is 8.41. The molecule has 1 aliphatic rings. The molecule has 2 aromatic carbocycles. The molecule has 0 aromatic heterocycles. The van der Waals surface area contributed by atoms with E-state index in [2.05, 4.69) is 42.4 Å². The van der Waals surface area contributed by atoms with Crippen LogP contribution in [-0.4, -0.2) is 29.4 Å². The first kappa shape index (κ1) is 19.7. The summed E-state index contributed by atoms with van der Waals surface area (Å²) in [5.74, 6) is 0.949. The summed E-state index contributed by atoms with van der Waals surface area (Å²) in [6, 6.07) is 9.02. The molecule has 6 nitrogen and oxygen atoms in total. The zero-order valence-corrected chi connectivity index (χ0v) is 17.9. The summed E-state index contributed by atoms with van der Waals surface area (Å²) < 4.78 is 12.6. The van der Waals surface area contributed by atoms with E-state index in [0.717, 1.165) is 12.0 Å². The number of benzene rings is 2. The van der Waals surface area contributed by atoms with Gasteiger partial charge in [0.25, 0.3) is 5.91 Å². The van der Waals surface area contributed by atoms with Crippen molar-refractivity contribution in [2.75, 3.05) is 6.61 Å². The molecule has 0 spiro atoms. The molecule has 1 amide bonds. The van der Waals surface area contributed by atoms with Crippen molar-refractivity contribution in [1.29, 1.82) is 0 Å². The second-order valence-electron chi connectivity index (χ2n) is 6.70. The lowest BCUT2D eigenvalue weighted by molar-refractivity contribution is -0.123. The number of hydrazone groups is 1. The van der Waals surface area contributed by atoms with Crippen LogP contribution in [0.5, 0.6) is 17.2 Å². The number of aromatic hydroxyl groups is 1. The predicted octanol–water partition coefficient (Wildman–Crippen LogP) is 4.16. The highest BCUT2D eigenvalue weighted by Crippen LogP contribution is 2.41. The number of nitrogens with zero attached hydrogens (tertiary/aromatic N) is 1. The average molecular weight is 498 g/mol. The van der Waals surface area contributed by atoms with E-state index in [9.17, 15) is 9.90 Å². The van der Waals surface area contributed by atoms with Crippen LogP contribution in [0.2, 0.25) is 0 Å². The van der Waals surface area contributed by atoms with Crippen molar-refractivity contribution in [3.63, 3.8) is 0 Å². The molecule has 27 heavy (non-hydrogen) atoms. The van der Waals surface area contributed by atoms with Crippen molar-refractivity contribution in [1.82, 2.24) is 5.43 Å². The summed E-state index contributed by atoms with van der Waals surface area (Å²) in [6.07, 6.45) is 2.27. The quantitative estimate of drug-likeness (QED) is 0.480. The number of phenolic OH excluding ortho intramolecular Hbond substituents is 1. The lowest BCUT2D eigenvalue weighted by Gasteiger charge is -2.18. The van der Waals surface area contributed by atoms with Gasteiger partial charge in [0.1, 0.15) is 11.4 Å². The predicted molar refractivity (Wildman–Crippen MR) is 110 cm³/mol. The van der Waals surface area contributed by atoms with Gasteiger partial charge in [-0.05, 0) is 69.5 Å². The Kier molecular flexibility index (Phi) is 5.76. The molecule has 0 fully saturated rings. The molecule has 142 valence electrons. The maximum absolute atomic E-state index is 12.0. The third-order valence-electron chi connectivity index (χ3n) is 3.86. The van der Waals surface area contributed by atoms with Gasteiger partial charge in [0.05, 0.1) is 15.2 Å². The standard InChI is InChI=1S/C19H18Br2N2O4/c1-19(2)8-12-4-3-5-15(18(12)27-19)26-10-16(24)23-22-9-11-6-13(20)17(25)14(21)7-11/h3-7,9,25H,8,10H2,1-2H3,(H,23,24). The van der Waals surface area contributed by atoms with E-state index in [0.29, 0.717) is 26.0 Å². The van der Waals surface area contributed by atoms with E-state index >= 15 is 0 Å². The van der Waals surface area contributed by atoms with Gasteiger partial charge in [-0.1, -0.05) is 12.1 Å². The number of carbonyl (C=O) groups excluding carboxylic acids is 1. The molecule has 8 heteroatoms. The van der Waals surface area contributed by atoms with Crippen LogP contribution in [0.4, 0.5) is 0 Å². The Bertz CT molecular complexity index is 890. The number of carbonyl (C=O) groups is 1. The first-order valence-electron chi connectivity index (χ1n) is 8.19. The van der Waals surface area contributed by atoms with E-state index in [1.807, 2.05) is 26.0 Å². The van der Waals surface area contributed by atoms with Gasteiger partial charge in [0.2, 0.25) is 0 Å². The summed E-state index contributed by atoms with van der Waals surface area (Å²) in [7, 11) is 0. The summed E-state index contributed by atoms with van der Waals surface area (Å²) in [5.41, 5.74) is 3.90. The van der Waals surface area contributed by atoms with Crippen molar-refractivity contribution < 1.29 is 19.4 Å². The molecular formula is C19H18Br2N2O4. The zero-order valence-electron chi connectivity index (χ0n) is 14.8. The van der Waals surface area contributed by atoms with Crippen LogP contribution in [-0.2, 0) is 11.2 Å². The lowest BCUT2D eigenvalue weighted by Crippen LogP contribution is -2.26. The van der Waals surface area contributed by atoms with Crippen LogP contribution < -0.4 is 14.9 Å². The van der Waals surface area contributed by atoms with Crippen molar-refractivity contribution in [3.8, 4) is 17.2 Å². The molecule has 0 saturated carbocycles. The number of fused-ring (bicyclic) bond motifs is 1. The third kappa shape index (κ3) is 4.81. The van der Waals surface area contributed by atoms with E-state index in [1.165, 1.54) is 6.21 Å². The summed E-state index contributed by atoms with van der Waals surface area (Å²) in [5, 5.41) is 13.6. The second kappa shape index (κ2) is 7.90. The maximum atomic E-state index is 12.0. The van der Waals surface area contributed by atoms with E-state index in [4.69, 9.17) is 9.47 Å². The number of rotatable bonds is 5. The topological polar surface area (TPSA) is 80.2 Å². The molecule has 1 heterocycles. The number of ether oxygens (including phenoxy) is 2. The number of nitrogens with one attached hydrogen (secondary N) is 1. The number of para-hydroxylation sites is 1. The molecule has 0 aliphatic carbocycles. The Labute approximate surface area is 173 Å². The third-order valence-corrected chi connectivity index (χ3v) is 5.06. The fourth-order valence-electron chi connectivity index (χ4n) is 2.72. The van der Waals surface area contributed by atoms with Gasteiger partial charge in [0.15, 0.2) is 18.1 Å². The number of phenols is 1. The van der Waals surface area contributed by atoms with Crippen molar-refractivity contribution in [3.05, 3.63) is 50.4 Å². The molecule has 0 unspecified atom stereocenters. The Morgan fingerprint density at radius 2 is 2.07 bits per heavy atom. The Morgan fingerprint density at radius 1 is 1.37 bits per heavy atom. The van der Waals surface area contributed by atoms with Gasteiger partial charge >= 0.3 is 0 Å². The van der Waals surface area contributed by atoms with Gasteiger partial charge in [-0.3, -0.25) is 4.79 Å². The molecule has 0 radical (unpaired) electrons. The van der Waals surface area contributed by atoms with Crippen LogP contribution in [0.15, 0.2) is 44.4 Å². The van der Waals surface area contributed by atoms with Crippen LogP contribution in [0.3, 0.4) is 0 Å². The van der Waals surface area contributed by atoms with Crippen LogP contribution in [0, 0.1) is 0 Å². The van der Waals surface area contributed by atoms with Crippen molar-refractivity contribution >= 4 is 44.0 Å². The van der Waals surface area contributed by atoms with Gasteiger partial charge < -0.3 is 14.6 Å². The molecule has 1 aliphatic heterocycles. The van der Waals surface area contributed by atoms with E-state index in [1.54, 1.807) is 18.2 Å². The molecule has 0 bridgehead atoms. The number of halogens is 2. The van der Waals surface area contributed by atoms with Gasteiger partial charge in [-0.2, -0.15) is 5.10 Å². The summed E-state index contributed by atoms with van der Waals surface area (Å²) >= 11 is 6.48. The number of amides is 1. The SMILES string of the molecule is CC1(C)Cc2cccc(OCC(=O)NN=Cc3cc(Br)c(O)c(Br)c3)c2O1. The van der Waals surface area contributed by atoms with Crippen LogP contribution in [0.25, 0.3) is 0 Å². The first-order valence-corrected chi connectivity index (χ1v) is 9.77. The fraction of sp³-hybridized carbons (Fsp3) is 0.263. The van der Waals surface area contributed by atoms with E-state index in [-0.39, 0.29) is 18.0 Å². The average Bonchev–Trinajstić information content (AvgIpc) is 2.92. The first-order chi connectivity index (χ1) is 12.7. The highest BCUT2D eigenvalue weighted by molar-refractivity contribution is 9.11. The normalized spacial score (nSPS) is 14.7. The van der Waals surface area contributed by atoms with Gasteiger partial charge in [-0.15, -0.1) is 0 Å². The molecular weight excluding hydrogens is 480 g/mol. The zero-order chi connectivity index (χ0) is 19.6. The van der Waals surface area contributed by atoms with Crippen molar-refractivity contribution in [2.24, 2.45) is 5.10 Å². The molecule has 0 saturated heterocycles. The number of hydrogen-bond donors (Lipinski definition) is 2. The van der Waals surface area contributed by atoms with Crippen molar-refractivity contribution in [2.45, 2.75) is 25.9 Å². The Morgan fingerprint density at radius 3 is 2.78 bits per heavy atom. The molecule has 3 rings (SSSR count). The summed E-state index contributed by atoms with van der Waals surface area (Å²) in [4.78, 5) is 12.0. The highest BCUT2D eigenvalue weighted by Gasteiger charge is 2.32. The largest absolute Gasteiger partial charge is 0.506 e. The molecule has 2 N–H and O–H groups in total. The fourth-order valence-corrected chi connectivity index (χ4v) is 3.94. The minimum Gasteiger partial charge on any atom is -0.506 e. The van der Waals surface area contributed by atoms with Crippen LogP contribution >= 0.6 is 31.9 Å². The minimum atomic E-state index is -0.391. The van der Waals surface area contributed by atoms with Crippen LogP contribution in [0.1, 0.15) is 25.0 Å². The molecule has 2 aromatic rings. The Balaban J connectivity index is 1.56. The summed E-state index contributed by atoms with van der Waals surface area (Å²) in [6.45, 7) is 3.84.